The van der Waals surface area contributed by atoms with Crippen LogP contribution >= 0.6 is 0 Å². The molecule has 0 fully saturated rings. The van der Waals surface area contributed by atoms with Crippen molar-refractivity contribution in [1.29, 1.82) is 0 Å². The standard InChI is InChI=1S/C20H29N5O/c1-13-7-8-14(19(26)22-5)11-15(13)24-18-17(21)16(9-10-23-18)25(6)12-20(2,3)4/h7-11H,12,21H2,1-6H3,(H,22,26)(H,23,24). The maximum absolute atomic E-state index is 11.9. The van der Waals surface area contributed by atoms with Crippen LogP contribution in [0.25, 0.3) is 0 Å². The van der Waals surface area contributed by atoms with Gasteiger partial charge in [0.1, 0.15) is 0 Å². The molecule has 1 heterocycles. The summed E-state index contributed by atoms with van der Waals surface area (Å²) in [5, 5.41) is 5.91. The molecule has 6 nitrogen and oxygen atoms in total. The number of amides is 1. The van der Waals surface area contributed by atoms with Gasteiger partial charge in [0.05, 0.1) is 11.4 Å². The van der Waals surface area contributed by atoms with E-state index in [1.807, 2.05) is 26.1 Å². The zero-order chi connectivity index (χ0) is 19.5. The quantitative estimate of drug-likeness (QED) is 0.764. The Morgan fingerprint density at radius 1 is 1.27 bits per heavy atom. The molecular formula is C20H29N5O. The summed E-state index contributed by atoms with van der Waals surface area (Å²) in [5.41, 5.74) is 10.4. The van der Waals surface area contributed by atoms with Gasteiger partial charge in [-0.15, -0.1) is 0 Å². The number of aryl methyl sites for hydroxylation is 1. The fourth-order valence-electron chi connectivity index (χ4n) is 2.86. The number of pyridine rings is 1. The van der Waals surface area contributed by atoms with Gasteiger partial charge in [0.15, 0.2) is 5.82 Å². The summed E-state index contributed by atoms with van der Waals surface area (Å²) >= 11 is 0. The average Bonchev–Trinajstić information content (AvgIpc) is 2.56. The van der Waals surface area contributed by atoms with Gasteiger partial charge in [-0.05, 0) is 36.1 Å². The first-order valence-corrected chi connectivity index (χ1v) is 8.68. The van der Waals surface area contributed by atoms with Crippen molar-refractivity contribution in [2.75, 3.05) is 36.6 Å². The molecule has 1 amide bonds. The van der Waals surface area contributed by atoms with Gasteiger partial charge in [0, 0.05) is 38.1 Å². The topological polar surface area (TPSA) is 83.3 Å². The predicted octanol–water partition coefficient (Wildman–Crippen LogP) is 3.56. The second kappa shape index (κ2) is 7.64. The third-order valence-corrected chi connectivity index (χ3v) is 4.07. The van der Waals surface area contributed by atoms with E-state index in [2.05, 4.69) is 41.3 Å². The highest BCUT2D eigenvalue weighted by Crippen LogP contribution is 2.32. The van der Waals surface area contributed by atoms with Crippen molar-refractivity contribution in [3.05, 3.63) is 41.6 Å². The lowest BCUT2D eigenvalue weighted by Gasteiger charge is -2.29. The molecule has 0 unspecified atom stereocenters. The lowest BCUT2D eigenvalue weighted by molar-refractivity contribution is 0.0963. The van der Waals surface area contributed by atoms with Crippen molar-refractivity contribution in [2.45, 2.75) is 27.7 Å². The number of nitrogens with two attached hydrogens (primary N) is 1. The first-order chi connectivity index (χ1) is 12.1. The van der Waals surface area contributed by atoms with Crippen LogP contribution in [0.1, 0.15) is 36.7 Å². The summed E-state index contributed by atoms with van der Waals surface area (Å²) < 4.78 is 0. The van der Waals surface area contributed by atoms with Crippen LogP contribution in [-0.4, -0.2) is 31.5 Å². The number of nitrogen functional groups attached to an aromatic ring is 1. The fourth-order valence-corrected chi connectivity index (χ4v) is 2.86. The van der Waals surface area contributed by atoms with Crippen LogP contribution in [0.2, 0.25) is 0 Å². The van der Waals surface area contributed by atoms with Crippen molar-refractivity contribution >= 4 is 28.8 Å². The van der Waals surface area contributed by atoms with Crippen LogP contribution in [0.15, 0.2) is 30.5 Å². The molecule has 1 aromatic carbocycles. The number of hydrogen-bond donors (Lipinski definition) is 3. The summed E-state index contributed by atoms with van der Waals surface area (Å²) in [6, 6.07) is 7.42. The molecule has 0 bridgehead atoms. The predicted molar refractivity (Wildman–Crippen MR) is 109 cm³/mol. The maximum Gasteiger partial charge on any atom is 0.251 e. The van der Waals surface area contributed by atoms with Crippen LogP contribution < -0.4 is 21.3 Å². The Morgan fingerprint density at radius 2 is 1.96 bits per heavy atom. The van der Waals surface area contributed by atoms with Gasteiger partial charge in [-0.3, -0.25) is 4.79 Å². The smallest absolute Gasteiger partial charge is 0.251 e. The van der Waals surface area contributed by atoms with E-state index in [-0.39, 0.29) is 11.3 Å². The van der Waals surface area contributed by atoms with Gasteiger partial charge in [-0.1, -0.05) is 26.8 Å². The molecular weight excluding hydrogens is 326 g/mol. The average molecular weight is 355 g/mol. The van der Waals surface area contributed by atoms with E-state index in [4.69, 9.17) is 5.73 Å². The number of benzene rings is 1. The summed E-state index contributed by atoms with van der Waals surface area (Å²) in [6.45, 7) is 9.41. The molecule has 2 aromatic rings. The van der Waals surface area contributed by atoms with Crippen LogP contribution in [0.3, 0.4) is 0 Å². The number of aromatic nitrogens is 1. The maximum atomic E-state index is 11.9. The van der Waals surface area contributed by atoms with Crippen LogP contribution in [0, 0.1) is 12.3 Å². The zero-order valence-electron chi connectivity index (χ0n) is 16.5. The summed E-state index contributed by atoms with van der Waals surface area (Å²) in [6.07, 6.45) is 1.74. The molecule has 0 saturated heterocycles. The number of anilines is 4. The van der Waals surface area contributed by atoms with Gasteiger partial charge >= 0.3 is 0 Å². The van der Waals surface area contributed by atoms with Crippen molar-refractivity contribution in [3.8, 4) is 0 Å². The molecule has 2 rings (SSSR count). The Labute approximate surface area is 155 Å². The SMILES string of the molecule is CNC(=O)c1ccc(C)c(Nc2nccc(N(C)CC(C)(C)C)c2N)c1. The van der Waals surface area contributed by atoms with E-state index in [0.717, 1.165) is 23.5 Å². The van der Waals surface area contributed by atoms with E-state index in [1.54, 1.807) is 25.4 Å². The number of rotatable bonds is 5. The highest BCUT2D eigenvalue weighted by Gasteiger charge is 2.17. The molecule has 0 saturated carbocycles. The number of hydrogen-bond acceptors (Lipinski definition) is 5. The monoisotopic (exact) mass is 355 g/mol. The second-order valence-corrected chi connectivity index (χ2v) is 7.74. The molecule has 4 N–H and O–H groups in total. The van der Waals surface area contributed by atoms with E-state index >= 15 is 0 Å². The molecule has 0 aliphatic rings. The molecule has 6 heteroatoms. The number of nitrogens with zero attached hydrogens (tertiary/aromatic N) is 2. The third-order valence-electron chi connectivity index (χ3n) is 4.07. The van der Waals surface area contributed by atoms with Crippen molar-refractivity contribution < 1.29 is 4.79 Å². The molecule has 140 valence electrons. The van der Waals surface area contributed by atoms with E-state index in [1.165, 1.54) is 0 Å². The summed E-state index contributed by atoms with van der Waals surface area (Å²) in [4.78, 5) is 18.4. The molecule has 26 heavy (non-hydrogen) atoms. The van der Waals surface area contributed by atoms with E-state index in [9.17, 15) is 4.79 Å². The van der Waals surface area contributed by atoms with Crippen LogP contribution in [0.5, 0.6) is 0 Å². The van der Waals surface area contributed by atoms with Gasteiger partial charge < -0.3 is 21.3 Å². The van der Waals surface area contributed by atoms with Gasteiger partial charge in [0.25, 0.3) is 5.91 Å². The van der Waals surface area contributed by atoms with Gasteiger partial charge in [-0.25, -0.2) is 4.98 Å². The van der Waals surface area contributed by atoms with Crippen LogP contribution in [0.4, 0.5) is 22.9 Å². The Hall–Kier alpha value is -2.76. The first kappa shape index (κ1) is 19.6. The van der Waals surface area contributed by atoms with Crippen molar-refractivity contribution in [1.82, 2.24) is 10.3 Å². The van der Waals surface area contributed by atoms with E-state index < -0.39 is 0 Å². The summed E-state index contributed by atoms with van der Waals surface area (Å²) in [5.74, 6) is 0.452. The zero-order valence-corrected chi connectivity index (χ0v) is 16.5. The lowest BCUT2D eigenvalue weighted by Crippen LogP contribution is -2.29. The highest BCUT2D eigenvalue weighted by atomic mass is 16.1. The Morgan fingerprint density at radius 3 is 2.58 bits per heavy atom. The Bertz CT molecular complexity index is 795. The molecule has 0 radical (unpaired) electrons. The lowest BCUT2D eigenvalue weighted by atomic mass is 9.96. The minimum Gasteiger partial charge on any atom is -0.394 e. The molecule has 0 atom stereocenters. The summed E-state index contributed by atoms with van der Waals surface area (Å²) in [7, 11) is 3.64. The van der Waals surface area contributed by atoms with Gasteiger partial charge in [0.2, 0.25) is 0 Å². The molecule has 0 aliphatic carbocycles. The Balaban J connectivity index is 2.34. The van der Waals surface area contributed by atoms with Crippen molar-refractivity contribution in [2.24, 2.45) is 5.41 Å². The minimum absolute atomic E-state index is 0.132. The minimum atomic E-state index is -0.132. The number of carbonyl (C=O) groups excluding carboxylic acids is 1. The number of nitrogens with one attached hydrogen (secondary N) is 2. The van der Waals surface area contributed by atoms with E-state index in [0.29, 0.717) is 17.1 Å². The highest BCUT2D eigenvalue weighted by molar-refractivity contribution is 5.95. The molecule has 1 aromatic heterocycles. The first-order valence-electron chi connectivity index (χ1n) is 8.68. The molecule has 0 spiro atoms. The van der Waals surface area contributed by atoms with Gasteiger partial charge in [-0.2, -0.15) is 0 Å². The van der Waals surface area contributed by atoms with Crippen molar-refractivity contribution in [3.63, 3.8) is 0 Å². The Kier molecular flexibility index (Phi) is 5.75. The second-order valence-electron chi connectivity index (χ2n) is 7.74. The normalized spacial score (nSPS) is 11.2. The third kappa shape index (κ3) is 4.65. The largest absolute Gasteiger partial charge is 0.394 e. The molecule has 0 aliphatic heterocycles. The fraction of sp³-hybridized carbons (Fsp3) is 0.400. The number of carbonyl (C=O) groups is 1. The van der Waals surface area contributed by atoms with Crippen LogP contribution in [-0.2, 0) is 0 Å².